The van der Waals surface area contributed by atoms with Crippen LogP contribution in [0.4, 0.5) is 4.39 Å². The van der Waals surface area contributed by atoms with E-state index in [4.69, 9.17) is 9.78 Å². The van der Waals surface area contributed by atoms with E-state index in [2.05, 4.69) is 0 Å². The molecule has 90 valence electrons. The van der Waals surface area contributed by atoms with Gasteiger partial charge < -0.3 is 0 Å². The van der Waals surface area contributed by atoms with Crippen molar-refractivity contribution in [3.63, 3.8) is 0 Å². The Morgan fingerprint density at radius 1 is 0.875 bits per heavy atom. The second kappa shape index (κ2) is 4.52. The molecular formula is C13H19FO2. The largest absolute Gasteiger partial charge is 0.230 e. The molecule has 0 aliphatic heterocycles. The summed E-state index contributed by atoms with van der Waals surface area (Å²) < 4.78 is 12.8. The van der Waals surface area contributed by atoms with E-state index in [-0.39, 0.29) is 11.4 Å². The van der Waals surface area contributed by atoms with E-state index in [0.29, 0.717) is 0 Å². The summed E-state index contributed by atoms with van der Waals surface area (Å²) in [5.41, 5.74) is -0.0868. The average Bonchev–Trinajstić information content (AvgIpc) is 2.15. The Balaban J connectivity index is 2.73. The predicted molar refractivity (Wildman–Crippen MR) is 61.3 cm³/mol. The van der Waals surface area contributed by atoms with Gasteiger partial charge in [-0.1, -0.05) is 12.1 Å². The number of rotatable bonds is 3. The zero-order valence-electron chi connectivity index (χ0n) is 10.5. The summed E-state index contributed by atoms with van der Waals surface area (Å²) in [6.07, 6.45) is 0. The third kappa shape index (κ3) is 3.91. The minimum Gasteiger partial charge on any atom is -0.230 e. The SMILES string of the molecule is CC(C)(C)OOC(C)(C)c1ccc(F)cc1. The van der Waals surface area contributed by atoms with Crippen LogP contribution in [-0.2, 0) is 15.4 Å². The molecule has 0 radical (unpaired) electrons. The van der Waals surface area contributed by atoms with Crippen molar-refractivity contribution in [2.75, 3.05) is 0 Å². The molecule has 16 heavy (non-hydrogen) atoms. The fourth-order valence-electron chi connectivity index (χ4n) is 1.13. The van der Waals surface area contributed by atoms with E-state index in [1.165, 1.54) is 12.1 Å². The van der Waals surface area contributed by atoms with Crippen molar-refractivity contribution >= 4 is 0 Å². The summed E-state index contributed by atoms with van der Waals surface area (Å²) in [5, 5.41) is 0. The van der Waals surface area contributed by atoms with Gasteiger partial charge in [-0.3, -0.25) is 0 Å². The number of benzene rings is 1. The van der Waals surface area contributed by atoms with Crippen LogP contribution in [0.3, 0.4) is 0 Å². The Hall–Kier alpha value is -0.930. The molecule has 1 aromatic rings. The maximum absolute atomic E-state index is 12.8. The first-order chi connectivity index (χ1) is 7.21. The maximum Gasteiger partial charge on any atom is 0.123 e. The predicted octanol–water partition coefficient (Wildman–Crippen LogP) is 3.81. The molecule has 1 aromatic carbocycles. The molecule has 0 saturated carbocycles. The van der Waals surface area contributed by atoms with Crippen molar-refractivity contribution < 1.29 is 14.2 Å². The third-order valence-corrected chi connectivity index (χ3v) is 2.04. The molecule has 1 rings (SSSR count). The molecular weight excluding hydrogens is 207 g/mol. The van der Waals surface area contributed by atoms with E-state index in [1.54, 1.807) is 12.1 Å². The van der Waals surface area contributed by atoms with Gasteiger partial charge in [-0.05, 0) is 52.3 Å². The quantitative estimate of drug-likeness (QED) is 0.576. The van der Waals surface area contributed by atoms with E-state index in [0.717, 1.165) is 5.56 Å². The zero-order chi connectivity index (χ0) is 12.4. The van der Waals surface area contributed by atoms with E-state index in [1.807, 2.05) is 34.6 Å². The molecule has 0 N–H and O–H groups in total. The lowest BCUT2D eigenvalue weighted by Gasteiger charge is -2.28. The molecule has 0 bridgehead atoms. The molecule has 3 heteroatoms. The van der Waals surface area contributed by atoms with Gasteiger partial charge in [0.1, 0.15) is 11.4 Å². The van der Waals surface area contributed by atoms with Gasteiger partial charge in [0.25, 0.3) is 0 Å². The zero-order valence-corrected chi connectivity index (χ0v) is 10.5. The highest BCUT2D eigenvalue weighted by atomic mass is 19.1. The first kappa shape index (κ1) is 13.1. The fourth-order valence-corrected chi connectivity index (χ4v) is 1.13. The second-order valence-corrected chi connectivity index (χ2v) is 5.30. The third-order valence-electron chi connectivity index (χ3n) is 2.04. The summed E-state index contributed by atoms with van der Waals surface area (Å²) in [5.74, 6) is -0.253. The lowest BCUT2D eigenvalue weighted by molar-refractivity contribution is -0.401. The van der Waals surface area contributed by atoms with Crippen molar-refractivity contribution in [3.05, 3.63) is 35.6 Å². The molecule has 0 aromatic heterocycles. The Kier molecular flexibility index (Phi) is 3.71. The maximum atomic E-state index is 12.8. The van der Waals surface area contributed by atoms with E-state index < -0.39 is 5.60 Å². The van der Waals surface area contributed by atoms with Gasteiger partial charge in [0.05, 0.1) is 5.60 Å². The fraction of sp³-hybridized carbons (Fsp3) is 0.538. The Morgan fingerprint density at radius 2 is 1.38 bits per heavy atom. The van der Waals surface area contributed by atoms with Crippen molar-refractivity contribution in [3.8, 4) is 0 Å². The molecule has 2 nitrogen and oxygen atoms in total. The number of halogens is 1. The van der Waals surface area contributed by atoms with Gasteiger partial charge in [-0.15, -0.1) is 0 Å². The topological polar surface area (TPSA) is 18.5 Å². The summed E-state index contributed by atoms with van der Waals surface area (Å²) in [6, 6.07) is 6.22. The van der Waals surface area contributed by atoms with Crippen LogP contribution >= 0.6 is 0 Å². The molecule has 0 aliphatic rings. The Morgan fingerprint density at radius 3 is 1.81 bits per heavy atom. The molecule has 0 saturated heterocycles. The standard InChI is InChI=1S/C13H19FO2/c1-12(2,3)15-16-13(4,5)10-6-8-11(14)9-7-10/h6-9H,1-5H3. The monoisotopic (exact) mass is 226 g/mol. The van der Waals surface area contributed by atoms with E-state index >= 15 is 0 Å². The molecule has 0 heterocycles. The lowest BCUT2D eigenvalue weighted by atomic mass is 9.99. The van der Waals surface area contributed by atoms with Crippen LogP contribution in [0.1, 0.15) is 40.2 Å². The smallest absolute Gasteiger partial charge is 0.123 e. The first-order valence-electron chi connectivity index (χ1n) is 5.34. The minimum absolute atomic E-state index is 0.253. The Bertz CT molecular complexity index is 336. The molecule has 0 unspecified atom stereocenters. The van der Waals surface area contributed by atoms with Crippen molar-refractivity contribution in [1.82, 2.24) is 0 Å². The van der Waals surface area contributed by atoms with Crippen LogP contribution in [0, 0.1) is 5.82 Å². The van der Waals surface area contributed by atoms with Crippen molar-refractivity contribution in [1.29, 1.82) is 0 Å². The molecule has 0 amide bonds. The normalized spacial score (nSPS) is 12.9. The summed E-state index contributed by atoms with van der Waals surface area (Å²) in [4.78, 5) is 10.7. The first-order valence-corrected chi connectivity index (χ1v) is 5.34. The summed E-state index contributed by atoms with van der Waals surface area (Å²) >= 11 is 0. The van der Waals surface area contributed by atoms with Crippen LogP contribution < -0.4 is 0 Å². The molecule has 0 atom stereocenters. The number of hydrogen-bond donors (Lipinski definition) is 0. The molecule has 0 spiro atoms. The van der Waals surface area contributed by atoms with Crippen molar-refractivity contribution in [2.24, 2.45) is 0 Å². The average molecular weight is 226 g/mol. The van der Waals surface area contributed by atoms with Gasteiger partial charge in [0.15, 0.2) is 0 Å². The van der Waals surface area contributed by atoms with Crippen LogP contribution in [0.5, 0.6) is 0 Å². The van der Waals surface area contributed by atoms with Crippen LogP contribution in [0.15, 0.2) is 24.3 Å². The summed E-state index contributed by atoms with van der Waals surface area (Å²) in [7, 11) is 0. The van der Waals surface area contributed by atoms with Crippen molar-refractivity contribution in [2.45, 2.75) is 45.8 Å². The number of hydrogen-bond acceptors (Lipinski definition) is 2. The highest BCUT2D eigenvalue weighted by Crippen LogP contribution is 2.27. The second-order valence-electron chi connectivity index (χ2n) is 5.30. The van der Waals surface area contributed by atoms with Gasteiger partial charge >= 0.3 is 0 Å². The van der Waals surface area contributed by atoms with Gasteiger partial charge in [0.2, 0.25) is 0 Å². The molecule has 0 aliphatic carbocycles. The minimum atomic E-state index is -0.596. The summed E-state index contributed by atoms with van der Waals surface area (Å²) in [6.45, 7) is 9.49. The van der Waals surface area contributed by atoms with Gasteiger partial charge in [-0.2, -0.15) is 0 Å². The van der Waals surface area contributed by atoms with Crippen LogP contribution in [0.2, 0.25) is 0 Å². The van der Waals surface area contributed by atoms with Gasteiger partial charge in [0, 0.05) is 0 Å². The van der Waals surface area contributed by atoms with Gasteiger partial charge in [-0.25, -0.2) is 14.2 Å². The van der Waals surface area contributed by atoms with Crippen LogP contribution in [0.25, 0.3) is 0 Å². The highest BCUT2D eigenvalue weighted by Gasteiger charge is 2.25. The molecule has 0 fully saturated rings. The van der Waals surface area contributed by atoms with E-state index in [9.17, 15) is 4.39 Å². The Labute approximate surface area is 96.3 Å². The highest BCUT2D eigenvalue weighted by molar-refractivity contribution is 5.21. The lowest BCUT2D eigenvalue weighted by Crippen LogP contribution is -2.28. The van der Waals surface area contributed by atoms with Crippen LogP contribution in [-0.4, -0.2) is 5.60 Å².